The monoisotopic (exact) mass is 171 g/mol. The molecular weight excluding hydrogens is 162 g/mol. The summed E-state index contributed by atoms with van der Waals surface area (Å²) in [5.41, 5.74) is 4.89. The van der Waals surface area contributed by atoms with Crippen molar-refractivity contribution in [2.45, 2.75) is 13.0 Å². The Kier molecular flexibility index (Phi) is 2.26. The topological polar surface area (TPSA) is 63.3 Å². The van der Waals surface area contributed by atoms with E-state index in [0.29, 0.717) is 4.88 Å². The summed E-state index contributed by atoms with van der Waals surface area (Å²) in [5, 5.41) is 9.15. The van der Waals surface area contributed by atoms with Gasteiger partial charge in [-0.3, -0.25) is 4.79 Å². The molecule has 0 saturated heterocycles. The van der Waals surface area contributed by atoms with E-state index in [1.807, 2.05) is 13.0 Å². The summed E-state index contributed by atoms with van der Waals surface area (Å²) in [5.74, 6) is -0.702. The molecule has 0 aromatic carbocycles. The lowest BCUT2D eigenvalue weighted by atomic mass is 10.3. The average Bonchev–Trinajstić information content (AvgIpc) is 2.34. The SMILES string of the molecule is Cc1ccc([C@H](O)C(N)=O)s1. The standard InChI is InChI=1S/C7H9NO2S/c1-4-2-3-5(11-4)6(9)7(8)10/h2-3,6,9H,1H3,(H2,8,10)/t6-/m0/s1. The van der Waals surface area contributed by atoms with Crippen molar-refractivity contribution in [3.05, 3.63) is 21.9 Å². The summed E-state index contributed by atoms with van der Waals surface area (Å²) in [6.45, 7) is 1.90. The highest BCUT2D eigenvalue weighted by Crippen LogP contribution is 2.21. The Morgan fingerprint density at radius 3 is 2.73 bits per heavy atom. The molecule has 11 heavy (non-hydrogen) atoms. The van der Waals surface area contributed by atoms with Crippen LogP contribution in [0.1, 0.15) is 15.9 Å². The number of hydrogen-bond acceptors (Lipinski definition) is 3. The van der Waals surface area contributed by atoms with Gasteiger partial charge in [0.2, 0.25) is 0 Å². The van der Waals surface area contributed by atoms with Crippen molar-refractivity contribution < 1.29 is 9.90 Å². The van der Waals surface area contributed by atoms with Gasteiger partial charge in [-0.05, 0) is 19.1 Å². The van der Waals surface area contributed by atoms with Crippen LogP contribution in [0.5, 0.6) is 0 Å². The first-order valence-corrected chi connectivity index (χ1v) is 3.96. The van der Waals surface area contributed by atoms with Crippen LogP contribution < -0.4 is 5.73 Å². The second kappa shape index (κ2) is 3.02. The first kappa shape index (κ1) is 8.23. The zero-order chi connectivity index (χ0) is 8.43. The minimum Gasteiger partial charge on any atom is -0.378 e. The molecule has 1 rings (SSSR count). The third kappa shape index (κ3) is 1.78. The Labute approximate surface area is 68.5 Å². The molecule has 1 aromatic rings. The number of nitrogens with two attached hydrogens (primary N) is 1. The lowest BCUT2D eigenvalue weighted by Gasteiger charge is -2.00. The molecule has 1 atom stereocenters. The van der Waals surface area contributed by atoms with Crippen molar-refractivity contribution >= 4 is 17.2 Å². The first-order chi connectivity index (χ1) is 5.11. The largest absolute Gasteiger partial charge is 0.378 e. The Bertz CT molecular complexity index is 269. The Hall–Kier alpha value is -0.870. The van der Waals surface area contributed by atoms with Gasteiger partial charge in [-0.1, -0.05) is 0 Å². The Balaban J connectivity index is 2.84. The van der Waals surface area contributed by atoms with Gasteiger partial charge in [0.1, 0.15) is 0 Å². The maximum atomic E-state index is 10.5. The van der Waals surface area contributed by atoms with Crippen LogP contribution in [0.2, 0.25) is 0 Å². The molecule has 1 aromatic heterocycles. The number of aliphatic hydroxyl groups is 1. The minimum absolute atomic E-state index is 0.606. The maximum absolute atomic E-state index is 10.5. The van der Waals surface area contributed by atoms with Crippen molar-refractivity contribution in [1.82, 2.24) is 0 Å². The number of rotatable bonds is 2. The van der Waals surface area contributed by atoms with E-state index in [0.717, 1.165) is 4.88 Å². The van der Waals surface area contributed by atoms with Gasteiger partial charge in [0.05, 0.1) is 0 Å². The summed E-state index contributed by atoms with van der Waals surface area (Å²) in [6, 6.07) is 3.54. The number of hydrogen-bond donors (Lipinski definition) is 2. The van der Waals surface area contributed by atoms with Gasteiger partial charge in [-0.15, -0.1) is 11.3 Å². The molecule has 60 valence electrons. The van der Waals surface area contributed by atoms with Gasteiger partial charge in [-0.25, -0.2) is 0 Å². The van der Waals surface area contributed by atoms with Gasteiger partial charge in [-0.2, -0.15) is 0 Å². The van der Waals surface area contributed by atoms with E-state index in [1.165, 1.54) is 11.3 Å². The van der Waals surface area contributed by atoms with Crippen LogP contribution in [0, 0.1) is 6.92 Å². The average molecular weight is 171 g/mol. The second-order valence-corrected chi connectivity index (χ2v) is 3.57. The molecule has 0 unspecified atom stereocenters. The maximum Gasteiger partial charge on any atom is 0.251 e. The van der Waals surface area contributed by atoms with E-state index < -0.39 is 12.0 Å². The number of thiophene rings is 1. The highest BCUT2D eigenvalue weighted by molar-refractivity contribution is 7.12. The summed E-state index contributed by atoms with van der Waals surface area (Å²) >= 11 is 1.37. The highest BCUT2D eigenvalue weighted by Gasteiger charge is 2.14. The van der Waals surface area contributed by atoms with Crippen LogP contribution in [0.3, 0.4) is 0 Å². The van der Waals surface area contributed by atoms with E-state index in [1.54, 1.807) is 6.07 Å². The fourth-order valence-corrected chi connectivity index (χ4v) is 1.61. The molecule has 0 saturated carbocycles. The lowest BCUT2D eigenvalue weighted by molar-refractivity contribution is -0.126. The zero-order valence-corrected chi connectivity index (χ0v) is 6.89. The molecule has 0 fully saturated rings. The molecule has 0 aliphatic carbocycles. The van der Waals surface area contributed by atoms with Crippen LogP contribution in [0.25, 0.3) is 0 Å². The number of amides is 1. The summed E-state index contributed by atoms with van der Waals surface area (Å²) in [4.78, 5) is 12.2. The molecular formula is C7H9NO2S. The highest BCUT2D eigenvalue weighted by atomic mass is 32.1. The molecule has 4 heteroatoms. The van der Waals surface area contributed by atoms with Gasteiger partial charge in [0.15, 0.2) is 6.10 Å². The Morgan fingerprint density at radius 2 is 2.36 bits per heavy atom. The van der Waals surface area contributed by atoms with E-state index in [4.69, 9.17) is 10.8 Å². The summed E-state index contributed by atoms with van der Waals surface area (Å²) in [7, 11) is 0. The van der Waals surface area contributed by atoms with Crippen LogP contribution in [-0.2, 0) is 4.79 Å². The van der Waals surface area contributed by atoms with Crippen LogP contribution in [-0.4, -0.2) is 11.0 Å². The van der Waals surface area contributed by atoms with Gasteiger partial charge in [0.25, 0.3) is 5.91 Å². The third-order valence-corrected chi connectivity index (χ3v) is 2.35. The first-order valence-electron chi connectivity index (χ1n) is 3.15. The molecule has 0 aliphatic rings. The Morgan fingerprint density at radius 1 is 1.73 bits per heavy atom. The number of aryl methyl sites for hydroxylation is 1. The number of carbonyl (C=O) groups is 1. The van der Waals surface area contributed by atoms with Gasteiger partial charge in [0, 0.05) is 9.75 Å². The molecule has 0 aliphatic heterocycles. The fourth-order valence-electron chi connectivity index (χ4n) is 0.741. The van der Waals surface area contributed by atoms with Crippen molar-refractivity contribution in [3.8, 4) is 0 Å². The van der Waals surface area contributed by atoms with Crippen LogP contribution >= 0.6 is 11.3 Å². The van der Waals surface area contributed by atoms with E-state index in [9.17, 15) is 4.79 Å². The van der Waals surface area contributed by atoms with Gasteiger partial charge >= 0.3 is 0 Å². The molecule has 1 amide bonds. The van der Waals surface area contributed by atoms with Gasteiger partial charge < -0.3 is 10.8 Å². The minimum atomic E-state index is -1.14. The van der Waals surface area contributed by atoms with Crippen LogP contribution in [0.4, 0.5) is 0 Å². The quantitative estimate of drug-likeness (QED) is 0.683. The summed E-state index contributed by atoms with van der Waals surface area (Å²) in [6.07, 6.45) is -1.14. The number of primary amides is 1. The molecule has 0 spiro atoms. The van der Waals surface area contributed by atoms with Crippen molar-refractivity contribution in [2.75, 3.05) is 0 Å². The summed E-state index contributed by atoms with van der Waals surface area (Å²) < 4.78 is 0. The van der Waals surface area contributed by atoms with E-state index in [2.05, 4.69) is 0 Å². The predicted molar refractivity (Wildman–Crippen MR) is 43.2 cm³/mol. The number of carbonyl (C=O) groups excluding carboxylic acids is 1. The normalized spacial score (nSPS) is 12.9. The predicted octanol–water partition coefficient (Wildman–Crippen LogP) is 0.575. The molecule has 0 bridgehead atoms. The third-order valence-electron chi connectivity index (χ3n) is 1.30. The van der Waals surface area contributed by atoms with Crippen molar-refractivity contribution in [3.63, 3.8) is 0 Å². The molecule has 1 heterocycles. The number of aliphatic hydroxyl groups excluding tert-OH is 1. The second-order valence-electron chi connectivity index (χ2n) is 2.25. The molecule has 0 radical (unpaired) electrons. The smallest absolute Gasteiger partial charge is 0.251 e. The zero-order valence-electron chi connectivity index (χ0n) is 6.07. The molecule has 3 nitrogen and oxygen atoms in total. The lowest BCUT2D eigenvalue weighted by Crippen LogP contribution is -2.19. The van der Waals surface area contributed by atoms with Crippen molar-refractivity contribution in [1.29, 1.82) is 0 Å². The van der Waals surface area contributed by atoms with Crippen molar-refractivity contribution in [2.24, 2.45) is 5.73 Å². The van der Waals surface area contributed by atoms with E-state index >= 15 is 0 Å². The van der Waals surface area contributed by atoms with Crippen LogP contribution in [0.15, 0.2) is 12.1 Å². The molecule has 3 N–H and O–H groups in total. The van der Waals surface area contributed by atoms with E-state index in [-0.39, 0.29) is 0 Å². The fraction of sp³-hybridized carbons (Fsp3) is 0.286.